The maximum Gasteiger partial charge on any atom is 0.240 e. The molecule has 0 radical (unpaired) electrons. The van der Waals surface area contributed by atoms with E-state index in [1.807, 2.05) is 71.4 Å². The Hall–Kier alpha value is -2.96. The molecular weight excluding hydrogens is 394 g/mol. The maximum absolute atomic E-state index is 12.8. The van der Waals surface area contributed by atoms with Crippen molar-refractivity contribution < 1.29 is 8.42 Å². The molecule has 0 atom stereocenters. The molecule has 0 spiro atoms. The van der Waals surface area contributed by atoms with Crippen LogP contribution >= 0.6 is 0 Å². The van der Waals surface area contributed by atoms with E-state index in [0.29, 0.717) is 11.6 Å². The summed E-state index contributed by atoms with van der Waals surface area (Å²) in [5.74, 6) is 0.464. The quantitative estimate of drug-likeness (QED) is 0.472. The molecule has 1 N–H and O–H groups in total. The van der Waals surface area contributed by atoms with Crippen molar-refractivity contribution in [2.24, 2.45) is 5.92 Å². The van der Waals surface area contributed by atoms with E-state index in [2.05, 4.69) is 23.7 Å². The number of nitrogens with zero attached hydrogens (tertiary/aromatic N) is 2. The first-order valence-corrected chi connectivity index (χ1v) is 11.5. The van der Waals surface area contributed by atoms with Crippen molar-refractivity contribution in [2.45, 2.75) is 31.7 Å². The van der Waals surface area contributed by atoms with Crippen LogP contribution in [0.1, 0.15) is 25.2 Å². The molecule has 0 saturated heterocycles. The number of hydrogen-bond donors (Lipinski definition) is 1. The van der Waals surface area contributed by atoms with Gasteiger partial charge < -0.3 is 0 Å². The Morgan fingerprint density at radius 2 is 1.60 bits per heavy atom. The predicted molar refractivity (Wildman–Crippen MR) is 120 cm³/mol. The lowest BCUT2D eigenvalue weighted by Gasteiger charge is -2.09. The minimum absolute atomic E-state index is 0.139. The third-order valence-corrected chi connectivity index (χ3v) is 6.33. The summed E-state index contributed by atoms with van der Waals surface area (Å²) in [6.45, 7) is 4.45. The summed E-state index contributed by atoms with van der Waals surface area (Å²) in [5.41, 5.74) is 2.73. The van der Waals surface area contributed by atoms with Crippen molar-refractivity contribution in [3.8, 4) is 5.69 Å². The second-order valence-corrected chi connectivity index (χ2v) is 9.57. The third kappa shape index (κ3) is 4.45. The van der Waals surface area contributed by atoms with Gasteiger partial charge >= 0.3 is 0 Å². The highest BCUT2D eigenvalue weighted by atomic mass is 32.2. The van der Waals surface area contributed by atoms with Crippen molar-refractivity contribution in [1.29, 1.82) is 0 Å². The second-order valence-electron chi connectivity index (χ2n) is 7.81. The van der Waals surface area contributed by atoms with Gasteiger partial charge in [0.25, 0.3) is 0 Å². The highest BCUT2D eigenvalue weighted by molar-refractivity contribution is 7.89. The predicted octanol–water partition coefficient (Wildman–Crippen LogP) is 4.70. The van der Waals surface area contributed by atoms with Crippen LogP contribution in [-0.2, 0) is 23.0 Å². The third-order valence-electron chi connectivity index (χ3n) is 4.93. The van der Waals surface area contributed by atoms with Gasteiger partial charge in [0.1, 0.15) is 0 Å². The van der Waals surface area contributed by atoms with E-state index in [-0.39, 0.29) is 11.4 Å². The molecule has 1 heterocycles. The SMILES string of the molecule is CC(C)Cc1cc(CNS(=O)(=O)c2ccc3ccccc3c2)nn1-c1ccccc1. The molecule has 4 aromatic rings. The van der Waals surface area contributed by atoms with E-state index in [9.17, 15) is 8.42 Å². The molecule has 0 aliphatic heterocycles. The average Bonchev–Trinajstić information content (AvgIpc) is 3.14. The van der Waals surface area contributed by atoms with Gasteiger partial charge in [-0.1, -0.05) is 62.4 Å². The van der Waals surface area contributed by atoms with E-state index in [4.69, 9.17) is 0 Å². The van der Waals surface area contributed by atoms with Crippen LogP contribution in [0.2, 0.25) is 0 Å². The Morgan fingerprint density at radius 1 is 0.900 bits per heavy atom. The maximum atomic E-state index is 12.8. The first-order valence-electron chi connectivity index (χ1n) is 10.0. The summed E-state index contributed by atoms with van der Waals surface area (Å²) < 4.78 is 30.3. The minimum Gasteiger partial charge on any atom is -0.238 e. The fourth-order valence-electron chi connectivity index (χ4n) is 3.50. The Labute approximate surface area is 177 Å². The summed E-state index contributed by atoms with van der Waals surface area (Å²) in [4.78, 5) is 0.256. The Morgan fingerprint density at radius 3 is 2.33 bits per heavy atom. The molecule has 154 valence electrons. The minimum atomic E-state index is -3.64. The molecule has 6 heteroatoms. The lowest BCUT2D eigenvalue weighted by Crippen LogP contribution is -2.23. The smallest absolute Gasteiger partial charge is 0.238 e. The monoisotopic (exact) mass is 419 g/mol. The summed E-state index contributed by atoms with van der Waals surface area (Å²) >= 11 is 0. The molecule has 30 heavy (non-hydrogen) atoms. The van der Waals surface area contributed by atoms with Crippen molar-refractivity contribution >= 4 is 20.8 Å². The molecule has 1 aromatic heterocycles. The zero-order valence-corrected chi connectivity index (χ0v) is 17.9. The van der Waals surface area contributed by atoms with Crippen molar-refractivity contribution in [3.63, 3.8) is 0 Å². The normalized spacial score (nSPS) is 12.0. The van der Waals surface area contributed by atoms with Crippen molar-refractivity contribution in [3.05, 3.63) is 90.3 Å². The first-order chi connectivity index (χ1) is 14.4. The lowest BCUT2D eigenvalue weighted by molar-refractivity contribution is 0.580. The summed E-state index contributed by atoms with van der Waals surface area (Å²) in [6.07, 6.45) is 0.860. The van der Waals surface area contributed by atoms with Crippen molar-refractivity contribution in [2.75, 3.05) is 0 Å². The number of para-hydroxylation sites is 1. The highest BCUT2D eigenvalue weighted by Gasteiger charge is 2.17. The second kappa shape index (κ2) is 8.42. The van der Waals surface area contributed by atoms with Gasteiger partial charge in [0, 0.05) is 5.69 Å². The fraction of sp³-hybridized carbons (Fsp3) is 0.208. The van der Waals surface area contributed by atoms with E-state index >= 15 is 0 Å². The van der Waals surface area contributed by atoms with Gasteiger partial charge in [0.2, 0.25) is 10.0 Å². The topological polar surface area (TPSA) is 64.0 Å². The van der Waals surface area contributed by atoms with Crippen LogP contribution in [0.5, 0.6) is 0 Å². The number of rotatable bonds is 7. The number of nitrogens with one attached hydrogen (secondary N) is 1. The van der Waals surface area contributed by atoms with Crippen LogP contribution in [0.4, 0.5) is 0 Å². The number of sulfonamides is 1. The van der Waals surface area contributed by atoms with Crippen LogP contribution < -0.4 is 4.72 Å². The number of benzene rings is 3. The van der Waals surface area contributed by atoms with E-state index in [0.717, 1.165) is 28.6 Å². The summed E-state index contributed by atoms with van der Waals surface area (Å²) in [6, 6.07) is 24.8. The number of hydrogen-bond acceptors (Lipinski definition) is 3. The van der Waals surface area contributed by atoms with Crippen LogP contribution in [0.25, 0.3) is 16.5 Å². The van der Waals surface area contributed by atoms with Gasteiger partial charge in [-0.3, -0.25) is 0 Å². The molecular formula is C24H25N3O2S. The van der Waals surface area contributed by atoms with Gasteiger partial charge in [0.05, 0.1) is 22.8 Å². The molecule has 0 aliphatic rings. The highest BCUT2D eigenvalue weighted by Crippen LogP contribution is 2.20. The number of aromatic nitrogens is 2. The van der Waals surface area contributed by atoms with Crippen LogP contribution in [0, 0.1) is 5.92 Å². The molecule has 0 fully saturated rings. The summed E-state index contributed by atoms with van der Waals surface area (Å²) in [7, 11) is -3.64. The zero-order valence-electron chi connectivity index (χ0n) is 17.1. The largest absolute Gasteiger partial charge is 0.240 e. The fourth-order valence-corrected chi connectivity index (χ4v) is 4.54. The standard InChI is InChI=1S/C24H25N3O2S/c1-18(2)14-23-16-21(26-27(23)22-10-4-3-5-11-22)17-25-30(28,29)24-13-12-19-8-6-7-9-20(19)15-24/h3-13,15-16,18,25H,14,17H2,1-2H3. The van der Waals surface area contributed by atoms with Crippen LogP contribution in [0.3, 0.4) is 0 Å². The number of fused-ring (bicyclic) bond motifs is 1. The van der Waals surface area contributed by atoms with E-state index in [1.165, 1.54) is 0 Å². The lowest BCUT2D eigenvalue weighted by atomic mass is 10.1. The van der Waals surface area contributed by atoms with Crippen LogP contribution in [0.15, 0.2) is 83.8 Å². The molecule has 0 amide bonds. The Balaban J connectivity index is 1.58. The molecule has 4 rings (SSSR count). The van der Waals surface area contributed by atoms with Gasteiger partial charge in [-0.25, -0.2) is 17.8 Å². The Bertz CT molecular complexity index is 1260. The Kier molecular flexibility index (Phi) is 5.70. The molecule has 3 aromatic carbocycles. The van der Waals surface area contributed by atoms with E-state index in [1.54, 1.807) is 12.1 Å². The molecule has 0 saturated carbocycles. The first kappa shape index (κ1) is 20.3. The molecule has 0 aliphatic carbocycles. The molecule has 0 bridgehead atoms. The molecule has 5 nitrogen and oxygen atoms in total. The summed E-state index contributed by atoms with van der Waals surface area (Å²) in [5, 5.41) is 6.58. The van der Waals surface area contributed by atoms with Crippen LogP contribution in [-0.4, -0.2) is 18.2 Å². The van der Waals surface area contributed by atoms with Gasteiger partial charge in [-0.15, -0.1) is 0 Å². The molecule has 0 unspecified atom stereocenters. The van der Waals surface area contributed by atoms with Gasteiger partial charge in [0.15, 0.2) is 0 Å². The van der Waals surface area contributed by atoms with Gasteiger partial charge in [-0.2, -0.15) is 5.10 Å². The van der Waals surface area contributed by atoms with E-state index < -0.39 is 10.0 Å². The van der Waals surface area contributed by atoms with Crippen molar-refractivity contribution in [1.82, 2.24) is 14.5 Å². The van der Waals surface area contributed by atoms with Gasteiger partial charge in [-0.05, 0) is 53.4 Å². The zero-order chi connectivity index (χ0) is 21.1. The average molecular weight is 420 g/mol.